The van der Waals surface area contributed by atoms with Gasteiger partial charge in [0.05, 0.1) is 12.9 Å². The van der Waals surface area contributed by atoms with E-state index in [-0.39, 0.29) is 11.7 Å². The zero-order valence-electron chi connectivity index (χ0n) is 15.0. The van der Waals surface area contributed by atoms with E-state index in [1.807, 2.05) is 36.4 Å². The van der Waals surface area contributed by atoms with E-state index in [4.69, 9.17) is 4.74 Å². The van der Waals surface area contributed by atoms with Crippen molar-refractivity contribution in [2.75, 3.05) is 18.2 Å². The number of nitrogens with zero attached hydrogens (tertiary/aromatic N) is 2. The number of benzene rings is 2. The van der Waals surface area contributed by atoms with Crippen molar-refractivity contribution >= 4 is 35.1 Å². The van der Waals surface area contributed by atoms with Crippen molar-refractivity contribution < 1.29 is 9.53 Å². The Kier molecular flexibility index (Phi) is 6.73. The Bertz CT molecular complexity index is 917. The maximum atomic E-state index is 12.2. The van der Waals surface area contributed by atoms with Crippen LogP contribution in [0.2, 0.25) is 0 Å². The smallest absolute Gasteiger partial charge is 0.234 e. The van der Waals surface area contributed by atoms with Crippen LogP contribution in [0, 0.1) is 6.92 Å². The first-order valence-electron chi connectivity index (χ1n) is 8.27. The Labute approximate surface area is 167 Å². The van der Waals surface area contributed by atoms with Crippen molar-refractivity contribution in [3.05, 3.63) is 66.5 Å². The zero-order valence-corrected chi connectivity index (χ0v) is 16.6. The van der Waals surface area contributed by atoms with Gasteiger partial charge in [-0.3, -0.25) is 4.79 Å². The minimum atomic E-state index is -0.0948. The van der Waals surface area contributed by atoms with Crippen LogP contribution in [0.15, 0.2) is 75.9 Å². The average molecular weight is 398 g/mol. The summed E-state index contributed by atoms with van der Waals surface area (Å²) in [6.45, 7) is 2.06. The monoisotopic (exact) mass is 397 g/mol. The Morgan fingerprint density at radius 3 is 2.44 bits per heavy atom. The van der Waals surface area contributed by atoms with E-state index in [1.165, 1.54) is 17.3 Å². The molecular formula is C20H19N3O2S2. The fraction of sp³-hybridized carbons (Fsp3) is 0.150. The fourth-order valence-corrected chi connectivity index (χ4v) is 4.05. The number of aryl methyl sites for hydroxylation is 1. The molecule has 1 aromatic heterocycles. The molecule has 0 atom stereocenters. The van der Waals surface area contributed by atoms with Gasteiger partial charge >= 0.3 is 0 Å². The van der Waals surface area contributed by atoms with Gasteiger partial charge in [0.15, 0.2) is 0 Å². The standard InChI is InChI=1S/C20H19N3O2S2/c1-14-5-3-4-6-17(14)27-20-19(21-11-12-22-20)26-13-18(24)23-15-7-9-16(25-2)10-8-15/h3-12H,13H2,1-2H3,(H,23,24). The molecule has 0 saturated carbocycles. The molecule has 0 aliphatic rings. The normalized spacial score (nSPS) is 10.4. The van der Waals surface area contributed by atoms with Crippen LogP contribution >= 0.6 is 23.5 Å². The summed E-state index contributed by atoms with van der Waals surface area (Å²) in [5, 5.41) is 4.42. The second-order valence-electron chi connectivity index (χ2n) is 5.60. The van der Waals surface area contributed by atoms with Crippen molar-refractivity contribution in [3.8, 4) is 5.75 Å². The van der Waals surface area contributed by atoms with Crippen LogP contribution in [0.4, 0.5) is 5.69 Å². The summed E-state index contributed by atoms with van der Waals surface area (Å²) in [7, 11) is 1.61. The molecule has 0 aliphatic heterocycles. The Balaban J connectivity index is 1.62. The minimum Gasteiger partial charge on any atom is -0.497 e. The number of aromatic nitrogens is 2. The molecule has 7 heteroatoms. The third kappa shape index (κ3) is 5.48. The summed E-state index contributed by atoms with van der Waals surface area (Å²) in [6.07, 6.45) is 3.31. The van der Waals surface area contributed by atoms with Gasteiger partial charge in [0.25, 0.3) is 0 Å². The molecule has 1 N–H and O–H groups in total. The number of rotatable bonds is 7. The van der Waals surface area contributed by atoms with Crippen LogP contribution in [0.5, 0.6) is 5.75 Å². The maximum Gasteiger partial charge on any atom is 0.234 e. The van der Waals surface area contributed by atoms with Gasteiger partial charge in [-0.2, -0.15) is 0 Å². The van der Waals surface area contributed by atoms with Crippen molar-refractivity contribution in [1.82, 2.24) is 9.97 Å². The second kappa shape index (κ2) is 9.43. The average Bonchev–Trinajstić information content (AvgIpc) is 2.69. The van der Waals surface area contributed by atoms with E-state index in [0.717, 1.165) is 26.4 Å². The predicted molar refractivity (Wildman–Crippen MR) is 110 cm³/mol. The highest BCUT2D eigenvalue weighted by molar-refractivity contribution is 8.02. The maximum absolute atomic E-state index is 12.2. The van der Waals surface area contributed by atoms with Crippen molar-refractivity contribution in [3.63, 3.8) is 0 Å². The third-order valence-corrected chi connectivity index (χ3v) is 5.93. The molecule has 5 nitrogen and oxygen atoms in total. The van der Waals surface area contributed by atoms with E-state index in [0.29, 0.717) is 0 Å². The molecular weight excluding hydrogens is 378 g/mol. The van der Waals surface area contributed by atoms with Crippen LogP contribution in [-0.4, -0.2) is 28.7 Å². The molecule has 1 amide bonds. The lowest BCUT2D eigenvalue weighted by Crippen LogP contribution is -2.14. The third-order valence-electron chi connectivity index (χ3n) is 3.65. The number of ether oxygens (including phenoxy) is 1. The predicted octanol–water partition coefficient (Wildman–Crippen LogP) is 4.68. The van der Waals surface area contributed by atoms with E-state index >= 15 is 0 Å². The second-order valence-corrected chi connectivity index (χ2v) is 7.59. The van der Waals surface area contributed by atoms with Crippen LogP contribution in [0.1, 0.15) is 5.56 Å². The highest BCUT2D eigenvalue weighted by Crippen LogP contribution is 2.34. The molecule has 0 aliphatic carbocycles. The molecule has 138 valence electrons. The molecule has 2 aromatic carbocycles. The number of hydrogen-bond acceptors (Lipinski definition) is 6. The summed E-state index contributed by atoms with van der Waals surface area (Å²) in [6, 6.07) is 15.4. The SMILES string of the molecule is COc1ccc(NC(=O)CSc2nccnc2Sc2ccccc2C)cc1. The summed E-state index contributed by atoms with van der Waals surface area (Å²) in [5.41, 5.74) is 1.91. The molecule has 1 heterocycles. The minimum absolute atomic E-state index is 0.0948. The lowest BCUT2D eigenvalue weighted by atomic mass is 10.2. The molecule has 0 radical (unpaired) electrons. The number of carbonyl (C=O) groups is 1. The molecule has 27 heavy (non-hydrogen) atoms. The largest absolute Gasteiger partial charge is 0.497 e. The fourth-order valence-electron chi connectivity index (χ4n) is 2.26. The van der Waals surface area contributed by atoms with Gasteiger partial charge in [-0.1, -0.05) is 41.7 Å². The lowest BCUT2D eigenvalue weighted by Gasteiger charge is -2.09. The first-order chi connectivity index (χ1) is 13.2. The van der Waals surface area contributed by atoms with Gasteiger partial charge in [-0.15, -0.1) is 0 Å². The first kappa shape index (κ1) is 19.3. The molecule has 0 fully saturated rings. The van der Waals surface area contributed by atoms with E-state index < -0.39 is 0 Å². The topological polar surface area (TPSA) is 64.1 Å². The van der Waals surface area contributed by atoms with Gasteiger partial charge in [0, 0.05) is 23.0 Å². The number of hydrogen-bond donors (Lipinski definition) is 1. The highest BCUT2D eigenvalue weighted by Gasteiger charge is 2.12. The molecule has 3 aromatic rings. The molecule has 0 unspecified atom stereocenters. The first-order valence-corrected chi connectivity index (χ1v) is 10.1. The van der Waals surface area contributed by atoms with Crippen LogP contribution in [0.3, 0.4) is 0 Å². The number of amides is 1. The number of carbonyl (C=O) groups excluding carboxylic acids is 1. The van der Waals surface area contributed by atoms with E-state index in [9.17, 15) is 4.79 Å². The Hall–Kier alpha value is -2.51. The highest BCUT2D eigenvalue weighted by atomic mass is 32.2. The van der Waals surface area contributed by atoms with Gasteiger partial charge in [-0.05, 0) is 42.8 Å². The Morgan fingerprint density at radius 2 is 1.74 bits per heavy atom. The summed E-state index contributed by atoms with van der Waals surface area (Å²) in [5.74, 6) is 0.911. The van der Waals surface area contributed by atoms with Crippen molar-refractivity contribution in [2.24, 2.45) is 0 Å². The quantitative estimate of drug-likeness (QED) is 0.584. The number of thioether (sulfide) groups is 1. The summed E-state index contributed by atoms with van der Waals surface area (Å²) < 4.78 is 5.12. The van der Waals surface area contributed by atoms with E-state index in [1.54, 1.807) is 31.3 Å². The van der Waals surface area contributed by atoms with E-state index in [2.05, 4.69) is 34.3 Å². The molecule has 0 saturated heterocycles. The van der Waals surface area contributed by atoms with Crippen LogP contribution in [0.25, 0.3) is 0 Å². The molecule has 0 spiro atoms. The van der Waals surface area contributed by atoms with Crippen LogP contribution < -0.4 is 10.1 Å². The number of nitrogens with one attached hydrogen (secondary N) is 1. The number of methoxy groups -OCH3 is 1. The van der Waals surface area contributed by atoms with Gasteiger partial charge in [-0.25, -0.2) is 9.97 Å². The summed E-state index contributed by atoms with van der Waals surface area (Å²) >= 11 is 2.94. The zero-order chi connectivity index (χ0) is 19.1. The molecule has 0 bridgehead atoms. The van der Waals surface area contributed by atoms with Crippen molar-refractivity contribution in [2.45, 2.75) is 21.9 Å². The van der Waals surface area contributed by atoms with Crippen LogP contribution in [-0.2, 0) is 4.79 Å². The molecule has 3 rings (SSSR count). The Morgan fingerprint density at radius 1 is 1.04 bits per heavy atom. The van der Waals surface area contributed by atoms with Gasteiger partial charge in [0.2, 0.25) is 5.91 Å². The summed E-state index contributed by atoms with van der Waals surface area (Å²) in [4.78, 5) is 22.2. The van der Waals surface area contributed by atoms with Gasteiger partial charge < -0.3 is 10.1 Å². The van der Waals surface area contributed by atoms with Gasteiger partial charge in [0.1, 0.15) is 15.8 Å². The number of anilines is 1. The lowest BCUT2D eigenvalue weighted by molar-refractivity contribution is -0.113. The van der Waals surface area contributed by atoms with Crippen molar-refractivity contribution in [1.29, 1.82) is 0 Å².